The minimum atomic E-state index is -4.12. The van der Waals surface area contributed by atoms with Crippen LogP contribution in [-0.2, 0) is 14.8 Å². The van der Waals surface area contributed by atoms with Crippen LogP contribution in [0.1, 0.15) is 35.2 Å². The summed E-state index contributed by atoms with van der Waals surface area (Å²) in [5.41, 5.74) is 2.03. The van der Waals surface area contributed by atoms with E-state index in [1.54, 1.807) is 66.7 Å². The van der Waals surface area contributed by atoms with Crippen LogP contribution in [-0.4, -0.2) is 23.8 Å². The Morgan fingerprint density at radius 2 is 1.52 bits per heavy atom. The number of hydrogen-bond donors (Lipinski definition) is 1. The number of carbonyl (C=O) groups is 1. The second-order valence-corrected chi connectivity index (χ2v) is 10.6. The monoisotopic (exact) mass is 501 g/mol. The number of benzene rings is 3. The van der Waals surface area contributed by atoms with Crippen molar-refractivity contribution in [2.24, 2.45) is 0 Å². The molecule has 0 aromatic heterocycles. The molecule has 0 saturated carbocycles. The van der Waals surface area contributed by atoms with Crippen molar-refractivity contribution in [1.29, 1.82) is 0 Å². The van der Waals surface area contributed by atoms with Crippen LogP contribution >= 0.6 is 23.2 Å². The highest BCUT2D eigenvalue weighted by molar-refractivity contribution is 7.89. The molecule has 0 radical (unpaired) electrons. The summed E-state index contributed by atoms with van der Waals surface area (Å²) in [6.07, 6.45) is 1.77. The first-order valence-corrected chi connectivity index (χ1v) is 12.4. The molecular formula is C25H21Cl2NO4S. The second kappa shape index (κ2) is 9.31. The van der Waals surface area contributed by atoms with Crippen molar-refractivity contribution in [2.45, 2.75) is 30.3 Å². The third-order valence-corrected chi connectivity index (χ3v) is 8.02. The molecule has 0 saturated heterocycles. The van der Waals surface area contributed by atoms with Gasteiger partial charge in [0.15, 0.2) is 0 Å². The molecule has 3 aromatic carbocycles. The maximum atomic E-state index is 14.0. The van der Waals surface area contributed by atoms with Gasteiger partial charge >= 0.3 is 5.97 Å². The van der Waals surface area contributed by atoms with E-state index in [2.05, 4.69) is 0 Å². The van der Waals surface area contributed by atoms with Gasteiger partial charge in [-0.3, -0.25) is 0 Å². The van der Waals surface area contributed by atoms with Gasteiger partial charge in [-0.05, 0) is 60.9 Å². The van der Waals surface area contributed by atoms with Crippen molar-refractivity contribution < 1.29 is 18.3 Å². The zero-order chi connectivity index (χ0) is 23.8. The first kappa shape index (κ1) is 23.5. The summed E-state index contributed by atoms with van der Waals surface area (Å²) in [7, 11) is -4.12. The summed E-state index contributed by atoms with van der Waals surface area (Å²) >= 11 is 12.4. The Bertz CT molecular complexity index is 1340. The van der Waals surface area contributed by atoms with E-state index in [0.717, 1.165) is 5.56 Å². The third-order valence-electron chi connectivity index (χ3n) is 5.66. The fraction of sp³-hybridized carbons (Fsp3) is 0.160. The molecule has 1 aliphatic heterocycles. The lowest BCUT2D eigenvalue weighted by Crippen LogP contribution is -2.42. The lowest BCUT2D eigenvalue weighted by Gasteiger charge is -2.40. The molecular weight excluding hydrogens is 481 g/mol. The summed E-state index contributed by atoms with van der Waals surface area (Å²) in [6.45, 7) is 1.87. The van der Waals surface area contributed by atoms with Gasteiger partial charge in [0.05, 0.1) is 22.6 Å². The molecule has 0 aliphatic carbocycles. The van der Waals surface area contributed by atoms with E-state index in [9.17, 15) is 18.3 Å². The average molecular weight is 502 g/mol. The summed E-state index contributed by atoms with van der Waals surface area (Å²) in [5.74, 6) is -1.19. The molecule has 0 fully saturated rings. The fourth-order valence-corrected chi connectivity index (χ4v) is 6.29. The van der Waals surface area contributed by atoms with Gasteiger partial charge in [0.2, 0.25) is 10.0 Å². The summed E-state index contributed by atoms with van der Waals surface area (Å²) in [6, 6.07) is 18.3. The molecule has 0 bridgehead atoms. The largest absolute Gasteiger partial charge is 0.478 e. The van der Waals surface area contributed by atoms with E-state index in [1.165, 1.54) is 16.4 Å². The normalized spacial score (nSPS) is 19.2. The number of aliphatic carboxylic acids is 1. The Morgan fingerprint density at radius 1 is 0.939 bits per heavy atom. The molecule has 2 atom stereocenters. The van der Waals surface area contributed by atoms with Crippen LogP contribution < -0.4 is 0 Å². The van der Waals surface area contributed by atoms with Gasteiger partial charge in [-0.15, -0.1) is 0 Å². The van der Waals surface area contributed by atoms with Crippen LogP contribution in [0.4, 0.5) is 0 Å². The summed E-state index contributed by atoms with van der Waals surface area (Å²) < 4.78 is 29.4. The second-order valence-electron chi connectivity index (χ2n) is 7.88. The summed E-state index contributed by atoms with van der Waals surface area (Å²) in [5, 5.41) is 10.8. The molecule has 33 heavy (non-hydrogen) atoms. The molecule has 0 amide bonds. The molecule has 0 spiro atoms. The molecule has 3 aromatic rings. The number of aryl methyl sites for hydroxylation is 1. The van der Waals surface area contributed by atoms with Crippen molar-refractivity contribution in [2.75, 3.05) is 0 Å². The lowest BCUT2D eigenvalue weighted by atomic mass is 9.89. The first-order valence-electron chi connectivity index (χ1n) is 10.2. The Kier molecular flexibility index (Phi) is 6.64. The molecule has 170 valence electrons. The highest BCUT2D eigenvalue weighted by atomic mass is 35.5. The van der Waals surface area contributed by atoms with Crippen molar-refractivity contribution in [3.8, 4) is 0 Å². The predicted molar refractivity (Wildman–Crippen MR) is 129 cm³/mol. The van der Waals surface area contributed by atoms with E-state index in [-0.39, 0.29) is 16.9 Å². The molecule has 8 heteroatoms. The predicted octanol–water partition coefficient (Wildman–Crippen LogP) is 6.19. The van der Waals surface area contributed by atoms with Crippen LogP contribution in [0.25, 0.3) is 0 Å². The Balaban J connectivity index is 1.98. The number of carboxylic acid groups (broad SMARTS) is 1. The molecule has 4 rings (SSSR count). The first-order chi connectivity index (χ1) is 15.7. The quantitative estimate of drug-likeness (QED) is 0.452. The minimum absolute atomic E-state index is 0.0220. The van der Waals surface area contributed by atoms with E-state index in [1.807, 2.05) is 6.92 Å². The molecule has 5 nitrogen and oxygen atoms in total. The van der Waals surface area contributed by atoms with Gasteiger partial charge in [0.25, 0.3) is 0 Å². The van der Waals surface area contributed by atoms with Gasteiger partial charge in [-0.2, -0.15) is 4.31 Å². The standard InChI is InChI=1S/C25H21Cl2NO4S/c1-16-8-10-21(11-9-16)33(31,32)28-23(17-4-2-6-19(26)14-17)13-12-22(25(29)30)24(28)18-5-3-7-20(27)15-18/h2-12,14-15,23-24H,13H2,1H3,(H,29,30)/t23?,24-/m0/s1. The fourth-order valence-electron chi connectivity index (χ4n) is 4.11. The van der Waals surface area contributed by atoms with E-state index in [4.69, 9.17) is 23.2 Å². The highest BCUT2D eigenvalue weighted by Gasteiger charge is 2.44. The van der Waals surface area contributed by atoms with Gasteiger partial charge in [-0.25, -0.2) is 13.2 Å². The number of nitrogens with zero attached hydrogens (tertiary/aromatic N) is 1. The molecule has 1 heterocycles. The van der Waals surface area contributed by atoms with Crippen LogP contribution in [0.3, 0.4) is 0 Å². The van der Waals surface area contributed by atoms with E-state index in [0.29, 0.717) is 21.2 Å². The zero-order valence-corrected chi connectivity index (χ0v) is 20.0. The Hall–Kier alpha value is -2.64. The summed E-state index contributed by atoms with van der Waals surface area (Å²) in [4.78, 5) is 12.3. The maximum Gasteiger partial charge on any atom is 0.333 e. The van der Waals surface area contributed by atoms with Crippen molar-refractivity contribution >= 4 is 39.2 Å². The average Bonchev–Trinajstić information content (AvgIpc) is 2.78. The Labute approximate surface area is 202 Å². The van der Waals surface area contributed by atoms with Crippen molar-refractivity contribution in [1.82, 2.24) is 4.31 Å². The zero-order valence-electron chi connectivity index (χ0n) is 17.7. The number of carboxylic acids is 1. The van der Waals surface area contributed by atoms with E-state index >= 15 is 0 Å². The number of hydrogen-bond acceptors (Lipinski definition) is 3. The minimum Gasteiger partial charge on any atom is -0.478 e. The van der Waals surface area contributed by atoms with Crippen LogP contribution in [0, 0.1) is 6.92 Å². The van der Waals surface area contributed by atoms with Crippen molar-refractivity contribution in [3.63, 3.8) is 0 Å². The van der Waals surface area contributed by atoms with Gasteiger partial charge in [0.1, 0.15) is 0 Å². The Morgan fingerprint density at radius 3 is 2.09 bits per heavy atom. The smallest absolute Gasteiger partial charge is 0.333 e. The number of rotatable bonds is 5. The highest BCUT2D eigenvalue weighted by Crippen LogP contribution is 2.46. The van der Waals surface area contributed by atoms with Crippen LogP contribution in [0.15, 0.2) is 89.3 Å². The lowest BCUT2D eigenvalue weighted by molar-refractivity contribution is -0.133. The topological polar surface area (TPSA) is 74.7 Å². The van der Waals surface area contributed by atoms with Crippen molar-refractivity contribution in [3.05, 3.63) is 111 Å². The van der Waals surface area contributed by atoms with E-state index < -0.39 is 28.1 Å². The van der Waals surface area contributed by atoms with Crippen LogP contribution in [0.2, 0.25) is 10.0 Å². The molecule has 1 unspecified atom stereocenters. The van der Waals surface area contributed by atoms with Gasteiger partial charge in [-0.1, -0.05) is 71.2 Å². The maximum absolute atomic E-state index is 14.0. The SMILES string of the molecule is Cc1ccc(S(=O)(=O)N2C(c3cccc(Cl)c3)CC=C(C(=O)O)[C@@H]2c2cccc(Cl)c2)cc1. The third kappa shape index (κ3) is 4.70. The van der Waals surface area contributed by atoms with Crippen LogP contribution in [0.5, 0.6) is 0 Å². The number of halogens is 2. The number of sulfonamides is 1. The molecule has 1 N–H and O–H groups in total. The molecule has 1 aliphatic rings. The van der Waals surface area contributed by atoms with Gasteiger partial charge < -0.3 is 5.11 Å². The van der Waals surface area contributed by atoms with Gasteiger partial charge in [0, 0.05) is 10.0 Å².